The van der Waals surface area contributed by atoms with Gasteiger partial charge in [-0.2, -0.15) is 0 Å². The van der Waals surface area contributed by atoms with E-state index in [0.29, 0.717) is 111 Å². The van der Waals surface area contributed by atoms with Crippen LogP contribution in [0.4, 0.5) is 0 Å². The van der Waals surface area contributed by atoms with E-state index < -0.39 is 10.8 Å². The Morgan fingerprint density at radius 3 is 1.39 bits per heavy atom. The van der Waals surface area contributed by atoms with Crippen molar-refractivity contribution >= 4 is 44.7 Å². The number of hydrogen-bond acceptors (Lipinski definition) is 10. The van der Waals surface area contributed by atoms with Crippen LogP contribution in [0.15, 0.2) is 69.9 Å². The summed E-state index contributed by atoms with van der Waals surface area (Å²) in [5.74, 6) is 1.67. The standard InChI is InChI=1S/C44H34O10/c1-5-49-33-7-10-36(24-18-30-25(15-21(24)33)39(47)41-38-28(20-51-41)32(46)12-14-44(30,38)4)54-53-35-9-8-34(50-6-2)23-17-29-26(16-22(23)35)40(48)42-37-27(19-52-42)31(45)11-13-43(29,37)3/h7-10,15-20H,5-6,11-14H2,1-4H3/t43-,44+/m1/s1. The predicted octanol–water partition coefficient (Wildman–Crippen LogP) is 9.00. The summed E-state index contributed by atoms with van der Waals surface area (Å²) in [5.41, 5.74) is 3.50. The van der Waals surface area contributed by atoms with Gasteiger partial charge in [0.15, 0.2) is 34.6 Å². The van der Waals surface area contributed by atoms with Crippen molar-refractivity contribution in [3.8, 4) is 23.0 Å². The average molecular weight is 723 g/mol. The molecule has 2 aromatic heterocycles. The van der Waals surface area contributed by atoms with Crippen molar-refractivity contribution in [2.75, 3.05) is 13.2 Å². The maximum Gasteiger partial charge on any atom is 0.228 e. The fourth-order valence-electron chi connectivity index (χ4n) is 9.35. The van der Waals surface area contributed by atoms with Gasteiger partial charge in [-0.1, -0.05) is 13.8 Å². The molecule has 0 saturated heterocycles. The highest BCUT2D eigenvalue weighted by Crippen LogP contribution is 2.53. The molecule has 0 N–H and O–H groups in total. The van der Waals surface area contributed by atoms with Crippen LogP contribution in [0.3, 0.4) is 0 Å². The van der Waals surface area contributed by atoms with Crippen molar-refractivity contribution in [1.82, 2.24) is 0 Å². The fourth-order valence-corrected chi connectivity index (χ4v) is 9.35. The Labute approximate surface area is 308 Å². The summed E-state index contributed by atoms with van der Waals surface area (Å²) in [6.45, 7) is 8.72. The zero-order chi connectivity index (χ0) is 37.3. The van der Waals surface area contributed by atoms with Gasteiger partial charge in [-0.25, -0.2) is 0 Å². The normalized spacial score (nSPS) is 20.7. The molecule has 0 aliphatic heterocycles. The van der Waals surface area contributed by atoms with E-state index in [4.69, 9.17) is 28.1 Å². The maximum absolute atomic E-state index is 14.0. The largest absolute Gasteiger partial charge is 0.493 e. The smallest absolute Gasteiger partial charge is 0.228 e. The van der Waals surface area contributed by atoms with Crippen molar-refractivity contribution in [3.63, 3.8) is 0 Å². The first kappa shape index (κ1) is 32.5. The van der Waals surface area contributed by atoms with Crippen LogP contribution < -0.4 is 19.2 Å². The second-order valence-corrected chi connectivity index (χ2v) is 14.9. The number of carbonyl (C=O) groups is 4. The molecule has 0 amide bonds. The molecule has 0 radical (unpaired) electrons. The van der Waals surface area contributed by atoms with E-state index in [1.54, 1.807) is 24.3 Å². The number of ether oxygens (including phenoxy) is 2. The number of benzene rings is 4. The van der Waals surface area contributed by atoms with Crippen LogP contribution in [-0.2, 0) is 10.8 Å². The van der Waals surface area contributed by atoms with Crippen LogP contribution in [0.2, 0.25) is 0 Å². The number of hydrogen-bond donors (Lipinski definition) is 0. The van der Waals surface area contributed by atoms with E-state index in [2.05, 4.69) is 6.92 Å². The number of fused-ring (bicyclic) bond motifs is 6. The van der Waals surface area contributed by atoms with Gasteiger partial charge in [0, 0.05) is 67.5 Å². The minimum Gasteiger partial charge on any atom is -0.493 e. The minimum absolute atomic E-state index is 0.0230. The van der Waals surface area contributed by atoms with Gasteiger partial charge in [-0.05, 0) is 86.3 Å². The SMILES string of the molecule is CCOc1ccc(OOc2ccc(OCC)c3cc4c(cc23)[C@]2(C)CCC(=O)c3coc(c32)C4=O)c2cc3c(cc12)[C@@]1(C)CCC(=O)c2coc(c21)C3=O. The molecular weight excluding hydrogens is 688 g/mol. The molecule has 2 atom stereocenters. The first-order valence-electron chi connectivity index (χ1n) is 18.3. The third kappa shape index (κ3) is 4.16. The lowest BCUT2D eigenvalue weighted by atomic mass is 9.62. The minimum atomic E-state index is -0.642. The van der Waals surface area contributed by atoms with Gasteiger partial charge in [0.2, 0.25) is 11.6 Å². The van der Waals surface area contributed by atoms with Crippen LogP contribution in [0.1, 0.15) is 129 Å². The Kier molecular flexibility index (Phi) is 6.72. The van der Waals surface area contributed by atoms with E-state index in [9.17, 15) is 19.2 Å². The van der Waals surface area contributed by atoms with E-state index >= 15 is 0 Å². The molecule has 0 saturated carbocycles. The molecule has 0 unspecified atom stereocenters. The zero-order valence-corrected chi connectivity index (χ0v) is 30.1. The predicted molar refractivity (Wildman–Crippen MR) is 196 cm³/mol. The van der Waals surface area contributed by atoms with Crippen LogP contribution in [0.5, 0.6) is 23.0 Å². The first-order valence-corrected chi connectivity index (χ1v) is 18.3. The summed E-state index contributed by atoms with van der Waals surface area (Å²) < 4.78 is 23.6. The second-order valence-electron chi connectivity index (χ2n) is 14.9. The lowest BCUT2D eigenvalue weighted by Gasteiger charge is -2.38. The lowest BCUT2D eigenvalue weighted by Crippen LogP contribution is -2.37. The lowest BCUT2D eigenvalue weighted by molar-refractivity contribution is -0.0969. The molecule has 0 fully saturated rings. The third-order valence-corrected chi connectivity index (χ3v) is 12.1. The van der Waals surface area contributed by atoms with Gasteiger partial charge < -0.3 is 18.3 Å². The van der Waals surface area contributed by atoms with Gasteiger partial charge in [-0.15, -0.1) is 0 Å². The summed E-state index contributed by atoms with van der Waals surface area (Å²) in [5, 5.41) is 2.63. The van der Waals surface area contributed by atoms with Crippen molar-refractivity contribution in [2.24, 2.45) is 0 Å². The molecule has 6 aromatic rings. The number of rotatable bonds is 7. The van der Waals surface area contributed by atoms with E-state index in [-0.39, 0.29) is 34.7 Å². The molecular formula is C44H34O10. The highest BCUT2D eigenvalue weighted by molar-refractivity contribution is 6.18. The third-order valence-electron chi connectivity index (χ3n) is 12.1. The molecule has 0 bridgehead atoms. The Balaban J connectivity index is 1.10. The zero-order valence-electron chi connectivity index (χ0n) is 30.1. The monoisotopic (exact) mass is 722 g/mol. The summed E-state index contributed by atoms with van der Waals surface area (Å²) in [4.78, 5) is 65.9. The second kappa shape index (κ2) is 11.2. The highest BCUT2D eigenvalue weighted by Gasteiger charge is 2.49. The molecule has 10 heteroatoms. The molecule has 270 valence electrons. The van der Waals surface area contributed by atoms with Crippen LogP contribution >= 0.6 is 0 Å². The Hall–Kier alpha value is -6.16. The molecule has 4 aliphatic carbocycles. The first-order chi connectivity index (χ1) is 26.1. The summed E-state index contributed by atoms with van der Waals surface area (Å²) >= 11 is 0. The van der Waals surface area contributed by atoms with Crippen LogP contribution in [0, 0.1) is 0 Å². The van der Waals surface area contributed by atoms with Gasteiger partial charge in [-0.3, -0.25) is 29.0 Å². The number of ketones is 4. The Bertz CT molecular complexity index is 2710. The van der Waals surface area contributed by atoms with Crippen molar-refractivity contribution in [2.45, 2.75) is 64.2 Å². The van der Waals surface area contributed by atoms with Gasteiger partial charge in [0.05, 0.1) is 24.3 Å². The van der Waals surface area contributed by atoms with Crippen molar-refractivity contribution in [1.29, 1.82) is 0 Å². The number of furan rings is 2. The van der Waals surface area contributed by atoms with Crippen LogP contribution in [-0.4, -0.2) is 36.3 Å². The highest BCUT2D eigenvalue weighted by atomic mass is 17.2. The van der Waals surface area contributed by atoms with Crippen LogP contribution in [0.25, 0.3) is 21.5 Å². The number of carbonyl (C=O) groups excluding carboxylic acids is 4. The number of Topliss-reactive ketones (excluding diaryl/α,β-unsaturated/α-hetero) is 2. The van der Waals surface area contributed by atoms with Crippen molar-refractivity contribution in [3.05, 3.63) is 117 Å². The average Bonchev–Trinajstić information content (AvgIpc) is 3.85. The molecule has 10 rings (SSSR count). The molecule has 10 nitrogen and oxygen atoms in total. The van der Waals surface area contributed by atoms with E-state index in [0.717, 1.165) is 16.5 Å². The Morgan fingerprint density at radius 1 is 0.556 bits per heavy atom. The molecule has 54 heavy (non-hydrogen) atoms. The fraction of sp³-hybridized carbons (Fsp3) is 0.273. The maximum atomic E-state index is 14.0. The van der Waals surface area contributed by atoms with Gasteiger partial charge in [0.25, 0.3) is 0 Å². The van der Waals surface area contributed by atoms with Gasteiger partial charge >= 0.3 is 0 Å². The van der Waals surface area contributed by atoms with Crippen molar-refractivity contribution < 1.29 is 47.3 Å². The molecule has 0 spiro atoms. The quantitative estimate of drug-likeness (QED) is 0.116. The Morgan fingerprint density at radius 2 is 0.944 bits per heavy atom. The van der Waals surface area contributed by atoms with E-state index in [1.165, 1.54) is 12.5 Å². The van der Waals surface area contributed by atoms with E-state index in [1.807, 2.05) is 45.0 Å². The summed E-state index contributed by atoms with van der Waals surface area (Å²) in [6, 6.07) is 14.6. The topological polar surface area (TPSA) is 131 Å². The van der Waals surface area contributed by atoms with Gasteiger partial charge in [0.1, 0.15) is 24.0 Å². The molecule has 4 aliphatic rings. The summed E-state index contributed by atoms with van der Waals surface area (Å²) in [6.07, 6.45) is 4.56. The molecule has 2 heterocycles. The molecule has 4 aromatic carbocycles. The summed E-state index contributed by atoms with van der Waals surface area (Å²) in [7, 11) is 0.